The van der Waals surface area contributed by atoms with Gasteiger partial charge in [0.25, 0.3) is 0 Å². The lowest BCUT2D eigenvalue weighted by Gasteiger charge is -2.16. The first-order chi connectivity index (χ1) is 10.8. The molecule has 0 aliphatic carbocycles. The Hall–Kier alpha value is -2.95. The molecule has 0 bridgehead atoms. The lowest BCUT2D eigenvalue weighted by atomic mass is 9.89. The van der Waals surface area contributed by atoms with Crippen LogP contribution >= 0.6 is 11.3 Å². The van der Waals surface area contributed by atoms with Crippen molar-refractivity contribution in [3.8, 4) is 12.1 Å². The maximum atomic E-state index is 8.94. The second-order valence-electron chi connectivity index (χ2n) is 4.80. The summed E-state index contributed by atoms with van der Waals surface area (Å²) >= 11 is 1.60. The summed E-state index contributed by atoms with van der Waals surface area (Å²) < 4.78 is 0. The molecule has 0 aliphatic rings. The fourth-order valence-corrected chi connectivity index (χ4v) is 3.16. The van der Waals surface area contributed by atoms with Gasteiger partial charge in [0.15, 0.2) is 0 Å². The van der Waals surface area contributed by atoms with Gasteiger partial charge in [0.2, 0.25) is 0 Å². The Balaban J connectivity index is 2.07. The van der Waals surface area contributed by atoms with Crippen molar-refractivity contribution in [3.63, 3.8) is 0 Å². The van der Waals surface area contributed by atoms with Gasteiger partial charge in [-0.15, -0.1) is 11.3 Å². The van der Waals surface area contributed by atoms with Crippen molar-refractivity contribution in [2.45, 2.75) is 5.92 Å². The minimum absolute atomic E-state index is 0.0629. The third kappa shape index (κ3) is 2.74. The highest BCUT2D eigenvalue weighted by atomic mass is 32.1. The molecule has 0 spiro atoms. The predicted octanol–water partition coefficient (Wildman–Crippen LogP) is 4.07. The molecule has 3 nitrogen and oxygen atoms in total. The van der Waals surface area contributed by atoms with Crippen LogP contribution in [0.25, 0.3) is 0 Å². The van der Waals surface area contributed by atoms with E-state index in [4.69, 9.17) is 10.5 Å². The molecule has 1 heterocycles. The normalized spacial score (nSPS) is 10.1. The van der Waals surface area contributed by atoms with Crippen LogP contribution in [-0.4, -0.2) is 4.98 Å². The van der Waals surface area contributed by atoms with E-state index in [1.807, 2.05) is 60.2 Å². The van der Waals surface area contributed by atoms with E-state index in [2.05, 4.69) is 17.1 Å². The molecule has 0 amide bonds. The minimum atomic E-state index is 0.0629. The van der Waals surface area contributed by atoms with E-state index in [1.54, 1.807) is 11.3 Å². The Bertz CT molecular complexity index is 778. The first kappa shape index (κ1) is 14.0. The Morgan fingerprint density at radius 2 is 1.32 bits per heavy atom. The summed E-state index contributed by atoms with van der Waals surface area (Å²) in [6.07, 6.45) is 1.87. The first-order valence-corrected chi connectivity index (χ1v) is 7.58. The zero-order valence-corrected chi connectivity index (χ0v) is 12.4. The Labute approximate surface area is 132 Å². The highest BCUT2D eigenvalue weighted by molar-refractivity contribution is 7.09. The maximum absolute atomic E-state index is 8.94. The molecule has 0 atom stereocenters. The summed E-state index contributed by atoms with van der Waals surface area (Å²) in [4.78, 5) is 5.31. The molecule has 1 aromatic heterocycles. The fraction of sp³-hybridized carbons (Fsp3) is 0.0556. The van der Waals surface area contributed by atoms with Gasteiger partial charge >= 0.3 is 0 Å². The van der Waals surface area contributed by atoms with Gasteiger partial charge in [0.05, 0.1) is 28.8 Å². The molecule has 0 saturated carbocycles. The quantitative estimate of drug-likeness (QED) is 0.732. The number of hydrogen-bond acceptors (Lipinski definition) is 4. The second kappa shape index (κ2) is 6.22. The van der Waals surface area contributed by atoms with Gasteiger partial charge in [0, 0.05) is 17.0 Å². The zero-order valence-electron chi connectivity index (χ0n) is 11.6. The van der Waals surface area contributed by atoms with Gasteiger partial charge in [-0.2, -0.15) is 10.5 Å². The average molecular weight is 301 g/mol. The van der Waals surface area contributed by atoms with E-state index >= 15 is 0 Å². The van der Waals surface area contributed by atoms with E-state index in [0.717, 1.165) is 16.0 Å². The van der Waals surface area contributed by atoms with Crippen molar-refractivity contribution >= 4 is 11.3 Å². The fourth-order valence-electron chi connectivity index (χ4n) is 2.39. The second-order valence-corrected chi connectivity index (χ2v) is 5.72. The van der Waals surface area contributed by atoms with Crippen molar-refractivity contribution in [2.75, 3.05) is 0 Å². The molecule has 22 heavy (non-hydrogen) atoms. The summed E-state index contributed by atoms with van der Waals surface area (Å²) in [5, 5.41) is 17.9. The van der Waals surface area contributed by atoms with Gasteiger partial charge in [-0.3, -0.25) is 4.98 Å². The molecule has 0 N–H and O–H groups in total. The molecule has 3 rings (SSSR count). The van der Waals surface area contributed by atoms with Crippen molar-refractivity contribution in [2.24, 2.45) is 0 Å². The van der Waals surface area contributed by atoms with Crippen LogP contribution in [-0.2, 0) is 0 Å². The molecule has 0 fully saturated rings. The number of hydrogen-bond donors (Lipinski definition) is 0. The molecular weight excluding hydrogens is 290 g/mol. The molecule has 0 unspecified atom stereocenters. The number of aromatic nitrogens is 1. The Kier molecular flexibility index (Phi) is 3.96. The summed E-state index contributed by atoms with van der Waals surface area (Å²) in [7, 11) is 0. The van der Waals surface area contributed by atoms with Crippen LogP contribution in [0.2, 0.25) is 0 Å². The van der Waals surface area contributed by atoms with Crippen molar-refractivity contribution in [1.29, 1.82) is 10.5 Å². The van der Waals surface area contributed by atoms with Crippen molar-refractivity contribution in [3.05, 3.63) is 87.4 Å². The van der Waals surface area contributed by atoms with Gasteiger partial charge in [-0.1, -0.05) is 24.3 Å². The molecule has 0 aliphatic heterocycles. The number of nitrogens with zero attached hydrogens (tertiary/aromatic N) is 3. The third-order valence-electron chi connectivity index (χ3n) is 3.48. The summed E-state index contributed by atoms with van der Waals surface area (Å²) in [5.74, 6) is 0.0629. The number of rotatable bonds is 3. The van der Waals surface area contributed by atoms with Crippen LogP contribution in [0.15, 0.2) is 60.2 Å². The van der Waals surface area contributed by atoms with E-state index in [-0.39, 0.29) is 5.92 Å². The van der Waals surface area contributed by atoms with Crippen LogP contribution < -0.4 is 0 Å². The van der Waals surface area contributed by atoms with Crippen LogP contribution in [0.1, 0.15) is 33.0 Å². The van der Waals surface area contributed by atoms with E-state index in [9.17, 15) is 0 Å². The van der Waals surface area contributed by atoms with Crippen molar-refractivity contribution in [1.82, 2.24) is 4.98 Å². The highest BCUT2D eigenvalue weighted by Crippen LogP contribution is 2.34. The van der Waals surface area contributed by atoms with E-state index in [0.29, 0.717) is 11.1 Å². The Morgan fingerprint density at radius 1 is 0.818 bits per heavy atom. The summed E-state index contributed by atoms with van der Waals surface area (Å²) in [6, 6.07) is 19.5. The van der Waals surface area contributed by atoms with Crippen LogP contribution in [0.5, 0.6) is 0 Å². The predicted molar refractivity (Wildman–Crippen MR) is 85.4 cm³/mol. The third-order valence-corrected chi connectivity index (χ3v) is 4.32. The lowest BCUT2D eigenvalue weighted by Crippen LogP contribution is -2.01. The molecule has 4 heteroatoms. The molecule has 0 radical (unpaired) electrons. The van der Waals surface area contributed by atoms with Crippen LogP contribution in [0.4, 0.5) is 0 Å². The standard InChI is InChI=1S/C18H11N3S/c19-9-13-1-5-15(6-2-13)18(17-11-21-12-22-17)16-7-3-14(10-20)4-8-16/h1-8,11-12,18H. The van der Waals surface area contributed by atoms with E-state index in [1.165, 1.54) is 0 Å². The van der Waals surface area contributed by atoms with Crippen molar-refractivity contribution < 1.29 is 0 Å². The van der Waals surface area contributed by atoms with Gasteiger partial charge < -0.3 is 0 Å². The molecule has 0 saturated heterocycles. The van der Waals surface area contributed by atoms with Gasteiger partial charge in [-0.05, 0) is 35.4 Å². The van der Waals surface area contributed by atoms with E-state index < -0.39 is 0 Å². The van der Waals surface area contributed by atoms with Gasteiger partial charge in [-0.25, -0.2) is 0 Å². The van der Waals surface area contributed by atoms with Crippen LogP contribution in [0, 0.1) is 22.7 Å². The average Bonchev–Trinajstić information content (AvgIpc) is 3.10. The van der Waals surface area contributed by atoms with Crippen LogP contribution in [0.3, 0.4) is 0 Å². The zero-order chi connectivity index (χ0) is 15.4. The molecule has 3 aromatic rings. The molecule has 104 valence electrons. The molecule has 2 aromatic carbocycles. The highest BCUT2D eigenvalue weighted by Gasteiger charge is 2.18. The largest absolute Gasteiger partial charge is 0.253 e. The summed E-state index contributed by atoms with van der Waals surface area (Å²) in [5.41, 5.74) is 5.31. The topological polar surface area (TPSA) is 60.5 Å². The monoisotopic (exact) mass is 301 g/mol. The summed E-state index contributed by atoms with van der Waals surface area (Å²) in [6.45, 7) is 0. The lowest BCUT2D eigenvalue weighted by molar-refractivity contribution is 0.997. The number of nitriles is 2. The first-order valence-electron chi connectivity index (χ1n) is 6.70. The minimum Gasteiger partial charge on any atom is -0.253 e. The smallest absolute Gasteiger partial charge is 0.0991 e. The van der Waals surface area contributed by atoms with Gasteiger partial charge in [0.1, 0.15) is 0 Å². The maximum Gasteiger partial charge on any atom is 0.0991 e. The Morgan fingerprint density at radius 3 is 1.68 bits per heavy atom. The number of benzene rings is 2. The number of thiazole rings is 1. The molecular formula is C18H11N3S. The SMILES string of the molecule is N#Cc1ccc(C(c2ccc(C#N)cc2)c2cncs2)cc1.